The largest absolute Gasteiger partial charge is 0.493 e. The van der Waals surface area contributed by atoms with Gasteiger partial charge in [-0.05, 0) is 48.9 Å². The number of carbonyl (C=O) groups excluding carboxylic acids is 2. The smallest absolute Gasteiger partial charge is 0.280 e. The van der Waals surface area contributed by atoms with Gasteiger partial charge in [0.1, 0.15) is 0 Å². The maximum Gasteiger partial charge on any atom is 0.280 e. The second-order valence-corrected chi connectivity index (χ2v) is 7.75. The van der Waals surface area contributed by atoms with Gasteiger partial charge in [-0.1, -0.05) is 30.3 Å². The Balaban J connectivity index is 1.44. The lowest BCUT2D eigenvalue weighted by Crippen LogP contribution is -2.21. The first kappa shape index (κ1) is 24.1. The fraction of sp³-hybridized carbons (Fsp3) is 0.115. The second-order valence-electron chi connectivity index (χ2n) is 7.75. The molecule has 1 aliphatic heterocycles. The van der Waals surface area contributed by atoms with E-state index in [1.807, 2.05) is 30.3 Å². The number of hydrazone groups is 1. The van der Waals surface area contributed by atoms with Gasteiger partial charge in [-0.25, -0.2) is 0 Å². The molecule has 1 aliphatic rings. The third kappa shape index (κ3) is 5.39. The molecule has 10 heteroatoms. The number of rotatable bonds is 8. The average Bonchev–Trinajstić information content (AvgIpc) is 3.16. The quantitative estimate of drug-likeness (QED) is 0.285. The minimum Gasteiger partial charge on any atom is -0.493 e. The molecule has 3 aromatic rings. The van der Waals surface area contributed by atoms with Crippen LogP contribution >= 0.6 is 0 Å². The molecular weight excluding hydrogens is 464 g/mol. The number of nitro groups is 1. The first-order valence-corrected chi connectivity index (χ1v) is 10.9. The van der Waals surface area contributed by atoms with Crippen LogP contribution in [-0.2, 0) is 9.59 Å². The lowest BCUT2D eigenvalue weighted by Gasteiger charge is -2.12. The molecule has 1 heterocycles. The maximum absolute atomic E-state index is 12.9. The molecule has 3 aromatic carbocycles. The molecular formula is C26H22N4O6. The number of benzene rings is 3. The van der Waals surface area contributed by atoms with Gasteiger partial charge in [-0.2, -0.15) is 10.1 Å². The standard InChI is InChI=1S/C26H22N4O6/c1-17-22(26(32)29(28-17)20-8-4-3-5-9-20)13-18-11-12-23(24(14-18)35-2)36-16-25(31)27-19-7-6-10-21(15-19)30(33)34/h3-15H,16H2,1-2H3,(H,27,31). The van der Waals surface area contributed by atoms with Crippen LogP contribution in [0.4, 0.5) is 17.1 Å². The number of anilines is 2. The van der Waals surface area contributed by atoms with Gasteiger partial charge in [0, 0.05) is 17.8 Å². The summed E-state index contributed by atoms with van der Waals surface area (Å²) in [5.41, 5.74) is 2.55. The molecule has 4 rings (SSSR count). The van der Waals surface area contributed by atoms with E-state index in [2.05, 4.69) is 10.4 Å². The van der Waals surface area contributed by atoms with E-state index in [0.29, 0.717) is 34.0 Å². The zero-order valence-electron chi connectivity index (χ0n) is 19.5. The van der Waals surface area contributed by atoms with Gasteiger partial charge in [-0.3, -0.25) is 19.7 Å². The third-order valence-electron chi connectivity index (χ3n) is 5.26. The summed E-state index contributed by atoms with van der Waals surface area (Å²) >= 11 is 0. The number of nitrogens with zero attached hydrogens (tertiary/aromatic N) is 3. The van der Waals surface area contributed by atoms with Crippen molar-refractivity contribution < 1.29 is 24.0 Å². The van der Waals surface area contributed by atoms with Crippen LogP contribution in [0.2, 0.25) is 0 Å². The molecule has 36 heavy (non-hydrogen) atoms. The van der Waals surface area contributed by atoms with Gasteiger partial charge in [-0.15, -0.1) is 0 Å². The molecule has 182 valence electrons. The molecule has 0 saturated carbocycles. The van der Waals surface area contributed by atoms with E-state index in [4.69, 9.17) is 9.47 Å². The molecule has 0 atom stereocenters. The van der Waals surface area contributed by atoms with Crippen LogP contribution in [0.3, 0.4) is 0 Å². The van der Waals surface area contributed by atoms with Crippen LogP contribution in [0, 0.1) is 10.1 Å². The Hall–Kier alpha value is -4.99. The summed E-state index contributed by atoms with van der Waals surface area (Å²) in [7, 11) is 1.47. The van der Waals surface area contributed by atoms with Crippen molar-refractivity contribution in [3.8, 4) is 11.5 Å². The predicted octanol–water partition coefficient (Wildman–Crippen LogP) is 4.43. The molecule has 0 bridgehead atoms. The van der Waals surface area contributed by atoms with Crippen molar-refractivity contribution in [3.63, 3.8) is 0 Å². The Kier molecular flexibility index (Phi) is 7.05. The number of ether oxygens (including phenoxy) is 2. The normalized spacial score (nSPS) is 13.9. The number of hydrogen-bond donors (Lipinski definition) is 1. The maximum atomic E-state index is 12.9. The van der Waals surface area contributed by atoms with E-state index in [1.165, 1.54) is 30.3 Å². The van der Waals surface area contributed by atoms with Crippen molar-refractivity contribution in [1.29, 1.82) is 0 Å². The number of nitrogens with one attached hydrogen (secondary N) is 1. The summed E-state index contributed by atoms with van der Waals surface area (Å²) in [6, 6.07) is 19.8. The predicted molar refractivity (Wildman–Crippen MR) is 135 cm³/mol. The Morgan fingerprint density at radius 2 is 1.86 bits per heavy atom. The van der Waals surface area contributed by atoms with Crippen LogP contribution in [-0.4, -0.2) is 36.2 Å². The van der Waals surface area contributed by atoms with Gasteiger partial charge in [0.15, 0.2) is 18.1 Å². The summed E-state index contributed by atoms with van der Waals surface area (Å²) < 4.78 is 11.0. The molecule has 0 unspecified atom stereocenters. The minimum atomic E-state index is -0.542. The highest BCUT2D eigenvalue weighted by Crippen LogP contribution is 2.30. The van der Waals surface area contributed by atoms with Crippen molar-refractivity contribution in [3.05, 3.63) is 94.0 Å². The highest BCUT2D eigenvalue weighted by molar-refractivity contribution is 6.32. The number of nitro benzene ring substituents is 1. The molecule has 1 N–H and O–H groups in total. The van der Waals surface area contributed by atoms with Crippen molar-refractivity contribution in [2.75, 3.05) is 24.0 Å². The van der Waals surface area contributed by atoms with Crippen molar-refractivity contribution in [2.24, 2.45) is 5.10 Å². The van der Waals surface area contributed by atoms with Crippen LogP contribution in [0.25, 0.3) is 6.08 Å². The minimum absolute atomic E-state index is 0.131. The van der Waals surface area contributed by atoms with Crippen molar-refractivity contribution >= 4 is 40.7 Å². The zero-order valence-corrected chi connectivity index (χ0v) is 19.5. The van der Waals surface area contributed by atoms with E-state index < -0.39 is 10.8 Å². The van der Waals surface area contributed by atoms with Gasteiger partial charge < -0.3 is 14.8 Å². The van der Waals surface area contributed by atoms with Gasteiger partial charge in [0.05, 0.1) is 29.0 Å². The summed E-state index contributed by atoms with van der Waals surface area (Å²) in [6.07, 6.45) is 1.71. The topological polar surface area (TPSA) is 123 Å². The number of amides is 2. The van der Waals surface area contributed by atoms with Gasteiger partial charge in [0.25, 0.3) is 17.5 Å². The van der Waals surface area contributed by atoms with Gasteiger partial charge in [0.2, 0.25) is 0 Å². The SMILES string of the molecule is COc1cc(C=C2C(=O)N(c3ccccc3)N=C2C)ccc1OCC(=O)Nc1cccc([N+](=O)[O-])c1. The highest BCUT2D eigenvalue weighted by Gasteiger charge is 2.28. The van der Waals surface area contributed by atoms with Crippen LogP contribution in [0.1, 0.15) is 12.5 Å². The Labute approximate surface area is 206 Å². The number of carbonyl (C=O) groups is 2. The molecule has 10 nitrogen and oxygen atoms in total. The summed E-state index contributed by atoms with van der Waals surface area (Å²) in [4.78, 5) is 35.6. The zero-order chi connectivity index (χ0) is 25.7. The number of hydrogen-bond acceptors (Lipinski definition) is 7. The third-order valence-corrected chi connectivity index (χ3v) is 5.26. The fourth-order valence-corrected chi connectivity index (χ4v) is 3.53. The molecule has 0 aromatic heterocycles. The summed E-state index contributed by atoms with van der Waals surface area (Å²) in [6.45, 7) is 1.43. The Morgan fingerprint density at radius 1 is 1.08 bits per heavy atom. The number of para-hydroxylation sites is 1. The van der Waals surface area contributed by atoms with Crippen molar-refractivity contribution in [2.45, 2.75) is 6.92 Å². The molecule has 0 spiro atoms. The molecule has 0 aliphatic carbocycles. The Morgan fingerprint density at radius 3 is 2.58 bits per heavy atom. The molecule has 0 radical (unpaired) electrons. The van der Waals surface area contributed by atoms with E-state index >= 15 is 0 Å². The van der Waals surface area contributed by atoms with Crippen LogP contribution in [0.15, 0.2) is 83.5 Å². The summed E-state index contributed by atoms with van der Waals surface area (Å²) in [5, 5.41) is 19.2. The number of methoxy groups -OCH3 is 1. The monoisotopic (exact) mass is 486 g/mol. The van der Waals surface area contributed by atoms with Gasteiger partial charge >= 0.3 is 0 Å². The van der Waals surface area contributed by atoms with E-state index in [9.17, 15) is 19.7 Å². The van der Waals surface area contributed by atoms with E-state index in [0.717, 1.165) is 0 Å². The number of non-ortho nitro benzene ring substituents is 1. The molecule has 2 amide bonds. The van der Waals surface area contributed by atoms with Crippen LogP contribution < -0.4 is 19.8 Å². The summed E-state index contributed by atoms with van der Waals surface area (Å²) in [5.74, 6) is -0.0423. The average molecular weight is 486 g/mol. The highest BCUT2D eigenvalue weighted by atomic mass is 16.6. The first-order valence-electron chi connectivity index (χ1n) is 10.9. The van der Waals surface area contributed by atoms with E-state index in [-0.39, 0.29) is 23.9 Å². The molecule has 0 saturated heterocycles. The fourth-order valence-electron chi connectivity index (χ4n) is 3.53. The molecule has 0 fully saturated rings. The van der Waals surface area contributed by atoms with E-state index in [1.54, 1.807) is 37.3 Å². The first-order chi connectivity index (χ1) is 17.4. The second kappa shape index (κ2) is 10.5. The van der Waals surface area contributed by atoms with Crippen molar-refractivity contribution in [1.82, 2.24) is 0 Å². The lowest BCUT2D eigenvalue weighted by molar-refractivity contribution is -0.384. The van der Waals surface area contributed by atoms with Crippen LogP contribution in [0.5, 0.6) is 11.5 Å². The lowest BCUT2D eigenvalue weighted by atomic mass is 10.1. The Bertz CT molecular complexity index is 1380.